The minimum atomic E-state index is 0.0675. The van der Waals surface area contributed by atoms with Crippen LogP contribution in [-0.2, 0) is 0 Å². The molecular weight excluding hydrogens is 268 g/mol. The van der Waals surface area contributed by atoms with Gasteiger partial charge in [-0.15, -0.1) is 11.8 Å². The third-order valence-corrected chi connectivity index (χ3v) is 4.74. The summed E-state index contributed by atoms with van der Waals surface area (Å²) in [6, 6.07) is 8.72. The fourth-order valence-corrected chi connectivity index (χ4v) is 3.25. The number of amides is 1. The molecular formula is C16H24N2OS. The van der Waals surface area contributed by atoms with Crippen LogP contribution in [-0.4, -0.2) is 42.2 Å². The number of likely N-dealkylation sites (tertiary alicyclic amines) is 1. The van der Waals surface area contributed by atoms with Crippen LogP contribution in [0.1, 0.15) is 37.0 Å². The Bertz CT molecular complexity index is 454. The van der Waals surface area contributed by atoms with E-state index in [1.165, 1.54) is 0 Å². The number of carbonyl (C=O) groups excluding carboxylic acids is 1. The SMILES string of the molecule is CSc1ccccc1C(=O)NC1CCN(C(C)C)CC1. The molecule has 1 aliphatic heterocycles. The van der Waals surface area contributed by atoms with Crippen molar-refractivity contribution in [2.24, 2.45) is 0 Å². The largest absolute Gasteiger partial charge is 0.349 e. The van der Waals surface area contributed by atoms with Crippen LogP contribution >= 0.6 is 11.8 Å². The van der Waals surface area contributed by atoms with E-state index in [1.807, 2.05) is 30.5 Å². The molecule has 3 nitrogen and oxygen atoms in total. The maximum atomic E-state index is 12.4. The van der Waals surface area contributed by atoms with Gasteiger partial charge in [-0.3, -0.25) is 4.79 Å². The molecule has 1 aliphatic rings. The van der Waals surface area contributed by atoms with Crippen molar-refractivity contribution in [3.63, 3.8) is 0 Å². The maximum absolute atomic E-state index is 12.4. The normalized spacial score (nSPS) is 17.4. The molecule has 110 valence electrons. The van der Waals surface area contributed by atoms with Crippen molar-refractivity contribution in [2.75, 3.05) is 19.3 Å². The van der Waals surface area contributed by atoms with Gasteiger partial charge in [0.2, 0.25) is 0 Å². The molecule has 1 heterocycles. The van der Waals surface area contributed by atoms with Gasteiger partial charge in [-0.2, -0.15) is 0 Å². The van der Waals surface area contributed by atoms with Crippen LogP contribution < -0.4 is 5.32 Å². The van der Waals surface area contributed by atoms with Gasteiger partial charge in [-0.1, -0.05) is 12.1 Å². The van der Waals surface area contributed by atoms with E-state index in [-0.39, 0.29) is 5.91 Å². The Kier molecular flexibility index (Phi) is 5.49. The zero-order valence-electron chi connectivity index (χ0n) is 12.6. The van der Waals surface area contributed by atoms with Crippen molar-refractivity contribution in [3.8, 4) is 0 Å². The van der Waals surface area contributed by atoms with Gasteiger partial charge in [0.15, 0.2) is 0 Å². The first kappa shape index (κ1) is 15.4. The van der Waals surface area contributed by atoms with E-state index in [2.05, 4.69) is 24.1 Å². The highest BCUT2D eigenvalue weighted by molar-refractivity contribution is 7.98. The number of hydrogen-bond donors (Lipinski definition) is 1. The smallest absolute Gasteiger partial charge is 0.252 e. The molecule has 20 heavy (non-hydrogen) atoms. The molecule has 1 fully saturated rings. The van der Waals surface area contributed by atoms with Crippen LogP contribution in [0.4, 0.5) is 0 Å². The summed E-state index contributed by atoms with van der Waals surface area (Å²) in [7, 11) is 0. The highest BCUT2D eigenvalue weighted by Crippen LogP contribution is 2.20. The minimum Gasteiger partial charge on any atom is -0.349 e. The van der Waals surface area contributed by atoms with E-state index in [4.69, 9.17) is 0 Å². The van der Waals surface area contributed by atoms with Gasteiger partial charge >= 0.3 is 0 Å². The van der Waals surface area contributed by atoms with Crippen LogP contribution in [0.5, 0.6) is 0 Å². The predicted molar refractivity (Wildman–Crippen MR) is 85.4 cm³/mol. The summed E-state index contributed by atoms with van der Waals surface area (Å²) in [5.41, 5.74) is 0.797. The first-order valence-corrected chi connectivity index (χ1v) is 8.52. The van der Waals surface area contributed by atoms with E-state index >= 15 is 0 Å². The van der Waals surface area contributed by atoms with Gasteiger partial charge in [0.1, 0.15) is 0 Å². The van der Waals surface area contributed by atoms with Crippen molar-refractivity contribution in [3.05, 3.63) is 29.8 Å². The molecule has 1 N–H and O–H groups in total. The monoisotopic (exact) mass is 292 g/mol. The quantitative estimate of drug-likeness (QED) is 0.866. The van der Waals surface area contributed by atoms with Gasteiger partial charge in [0, 0.05) is 30.1 Å². The lowest BCUT2D eigenvalue weighted by Crippen LogP contribution is -2.46. The summed E-state index contributed by atoms with van der Waals surface area (Å²) in [6.07, 6.45) is 4.10. The fraction of sp³-hybridized carbons (Fsp3) is 0.562. The van der Waals surface area contributed by atoms with E-state index in [9.17, 15) is 4.79 Å². The third kappa shape index (κ3) is 3.76. The molecule has 0 unspecified atom stereocenters. The van der Waals surface area contributed by atoms with E-state index < -0.39 is 0 Å². The van der Waals surface area contributed by atoms with Crippen molar-refractivity contribution in [2.45, 2.75) is 43.7 Å². The molecule has 0 atom stereocenters. The molecule has 1 amide bonds. The average Bonchev–Trinajstić information content (AvgIpc) is 2.47. The van der Waals surface area contributed by atoms with Crippen LogP contribution in [0.2, 0.25) is 0 Å². The van der Waals surface area contributed by atoms with E-state index in [0.717, 1.165) is 36.4 Å². The number of piperidine rings is 1. The Labute approximate surface area is 126 Å². The number of benzene rings is 1. The second kappa shape index (κ2) is 7.14. The minimum absolute atomic E-state index is 0.0675. The number of carbonyl (C=O) groups is 1. The number of rotatable bonds is 4. The van der Waals surface area contributed by atoms with Crippen LogP contribution in [0.25, 0.3) is 0 Å². The highest BCUT2D eigenvalue weighted by Gasteiger charge is 2.22. The highest BCUT2D eigenvalue weighted by atomic mass is 32.2. The average molecular weight is 292 g/mol. The van der Waals surface area contributed by atoms with Crippen LogP contribution in [0.15, 0.2) is 29.2 Å². The number of nitrogens with zero attached hydrogens (tertiary/aromatic N) is 1. The van der Waals surface area contributed by atoms with Gasteiger partial charge in [-0.05, 0) is 45.1 Å². The Hall–Kier alpha value is -1.00. The number of thioether (sulfide) groups is 1. The molecule has 1 aromatic carbocycles. The third-order valence-electron chi connectivity index (χ3n) is 3.95. The molecule has 4 heteroatoms. The number of nitrogens with one attached hydrogen (secondary N) is 1. The molecule has 0 aromatic heterocycles. The Morgan fingerprint density at radius 2 is 1.95 bits per heavy atom. The Morgan fingerprint density at radius 1 is 1.30 bits per heavy atom. The number of hydrogen-bond acceptors (Lipinski definition) is 3. The molecule has 0 aliphatic carbocycles. The summed E-state index contributed by atoms with van der Waals surface area (Å²) in [5.74, 6) is 0.0675. The van der Waals surface area contributed by atoms with Gasteiger partial charge in [0.05, 0.1) is 5.56 Å². The molecule has 1 aromatic rings. The summed E-state index contributed by atoms with van der Waals surface area (Å²) in [6.45, 7) is 6.61. The Morgan fingerprint density at radius 3 is 2.55 bits per heavy atom. The summed E-state index contributed by atoms with van der Waals surface area (Å²) >= 11 is 1.62. The lowest BCUT2D eigenvalue weighted by atomic mass is 10.0. The van der Waals surface area contributed by atoms with Gasteiger partial charge < -0.3 is 10.2 Å². The topological polar surface area (TPSA) is 32.3 Å². The first-order valence-electron chi connectivity index (χ1n) is 7.29. The van der Waals surface area contributed by atoms with E-state index in [0.29, 0.717) is 12.1 Å². The van der Waals surface area contributed by atoms with Crippen molar-refractivity contribution in [1.82, 2.24) is 10.2 Å². The van der Waals surface area contributed by atoms with Crippen molar-refractivity contribution >= 4 is 17.7 Å². The molecule has 0 radical (unpaired) electrons. The Balaban J connectivity index is 1.93. The zero-order chi connectivity index (χ0) is 14.5. The predicted octanol–water partition coefficient (Wildman–Crippen LogP) is 3.01. The van der Waals surface area contributed by atoms with Crippen molar-refractivity contribution in [1.29, 1.82) is 0 Å². The van der Waals surface area contributed by atoms with Crippen LogP contribution in [0, 0.1) is 0 Å². The lowest BCUT2D eigenvalue weighted by Gasteiger charge is -2.34. The first-order chi connectivity index (χ1) is 9.61. The lowest BCUT2D eigenvalue weighted by molar-refractivity contribution is 0.0898. The van der Waals surface area contributed by atoms with Crippen molar-refractivity contribution < 1.29 is 4.79 Å². The second-order valence-electron chi connectivity index (χ2n) is 5.58. The zero-order valence-corrected chi connectivity index (χ0v) is 13.4. The summed E-state index contributed by atoms with van der Waals surface area (Å²) in [5, 5.41) is 3.19. The molecule has 2 rings (SSSR count). The fourth-order valence-electron chi connectivity index (χ4n) is 2.66. The van der Waals surface area contributed by atoms with Crippen LogP contribution in [0.3, 0.4) is 0 Å². The molecule has 1 saturated heterocycles. The van der Waals surface area contributed by atoms with Gasteiger partial charge in [0.25, 0.3) is 5.91 Å². The van der Waals surface area contributed by atoms with Gasteiger partial charge in [-0.25, -0.2) is 0 Å². The maximum Gasteiger partial charge on any atom is 0.252 e. The molecule has 0 saturated carbocycles. The molecule has 0 bridgehead atoms. The van der Waals surface area contributed by atoms with E-state index in [1.54, 1.807) is 11.8 Å². The second-order valence-corrected chi connectivity index (χ2v) is 6.43. The molecule has 0 spiro atoms. The summed E-state index contributed by atoms with van der Waals surface area (Å²) in [4.78, 5) is 15.9. The summed E-state index contributed by atoms with van der Waals surface area (Å²) < 4.78 is 0. The standard InChI is InChI=1S/C16H24N2OS/c1-12(2)18-10-8-13(9-11-18)17-16(19)14-6-4-5-7-15(14)20-3/h4-7,12-13H,8-11H2,1-3H3,(H,17,19).